The summed E-state index contributed by atoms with van der Waals surface area (Å²) in [5, 5.41) is 0.647. The van der Waals surface area contributed by atoms with E-state index >= 15 is 0 Å². The van der Waals surface area contributed by atoms with E-state index in [1.807, 2.05) is 12.1 Å². The largest absolute Gasteiger partial charge is 0.495 e. The number of ether oxygens (including phenoxy) is 3. The fourth-order valence-corrected chi connectivity index (χ4v) is 4.26. The third-order valence-electron chi connectivity index (χ3n) is 6.14. The average molecular weight is 433 g/mol. The molecule has 2 aromatic rings. The molecule has 0 aromatic heterocycles. The lowest BCUT2D eigenvalue weighted by Gasteiger charge is -2.40. The van der Waals surface area contributed by atoms with Gasteiger partial charge in [0.25, 0.3) is 0 Å². The maximum Gasteiger partial charge on any atom is 0.139 e. The van der Waals surface area contributed by atoms with Gasteiger partial charge in [0.1, 0.15) is 18.1 Å². The maximum atomic E-state index is 6.18. The number of methoxy groups -OCH3 is 2. The summed E-state index contributed by atoms with van der Waals surface area (Å²) in [6.07, 6.45) is 0. The molecule has 0 N–H and O–H groups in total. The Morgan fingerprint density at radius 3 is 2.33 bits per heavy atom. The summed E-state index contributed by atoms with van der Waals surface area (Å²) in [6, 6.07) is 10.7. The molecule has 0 unspecified atom stereocenters. The number of nitrogens with zero attached hydrogens (tertiary/aromatic N) is 2. The number of anilines is 1. The van der Waals surface area contributed by atoms with Crippen LogP contribution in [0.15, 0.2) is 30.3 Å². The molecule has 0 aliphatic carbocycles. The van der Waals surface area contributed by atoms with Crippen molar-refractivity contribution in [2.45, 2.75) is 26.8 Å². The highest BCUT2D eigenvalue weighted by Crippen LogP contribution is 2.33. The van der Waals surface area contributed by atoms with Crippen molar-refractivity contribution in [2.24, 2.45) is 0 Å². The molecule has 0 saturated carbocycles. The van der Waals surface area contributed by atoms with Gasteiger partial charge >= 0.3 is 0 Å². The van der Waals surface area contributed by atoms with Crippen LogP contribution in [-0.4, -0.2) is 58.5 Å². The Morgan fingerprint density at radius 2 is 1.67 bits per heavy atom. The minimum Gasteiger partial charge on any atom is -0.495 e. The Kier molecular flexibility index (Phi) is 7.87. The normalized spacial score (nSPS) is 15.9. The summed E-state index contributed by atoms with van der Waals surface area (Å²) in [5.41, 5.74) is 5.05. The van der Waals surface area contributed by atoms with E-state index in [9.17, 15) is 0 Å². The summed E-state index contributed by atoms with van der Waals surface area (Å²) in [4.78, 5) is 4.95. The molecular weight excluding hydrogens is 400 g/mol. The molecule has 3 rings (SSSR count). The highest BCUT2D eigenvalue weighted by Gasteiger charge is 2.24. The van der Waals surface area contributed by atoms with Gasteiger partial charge in [-0.15, -0.1) is 0 Å². The topological polar surface area (TPSA) is 34.2 Å². The Morgan fingerprint density at radius 1 is 0.933 bits per heavy atom. The van der Waals surface area contributed by atoms with Gasteiger partial charge in [0.05, 0.1) is 18.7 Å². The van der Waals surface area contributed by atoms with Gasteiger partial charge in [-0.25, -0.2) is 0 Å². The first-order chi connectivity index (χ1) is 14.5. The summed E-state index contributed by atoms with van der Waals surface area (Å²) >= 11 is 6.18. The first-order valence-electron chi connectivity index (χ1n) is 10.5. The fourth-order valence-electron chi connectivity index (χ4n) is 4.07. The van der Waals surface area contributed by atoms with Crippen LogP contribution in [0.2, 0.25) is 5.02 Å². The number of halogens is 1. The van der Waals surface area contributed by atoms with E-state index in [2.05, 4.69) is 48.8 Å². The zero-order valence-corrected chi connectivity index (χ0v) is 19.5. The molecule has 1 fully saturated rings. The highest BCUT2D eigenvalue weighted by molar-refractivity contribution is 6.32. The zero-order valence-electron chi connectivity index (χ0n) is 18.7. The molecule has 1 atom stereocenters. The second-order valence-electron chi connectivity index (χ2n) is 7.76. The van der Waals surface area contributed by atoms with Crippen molar-refractivity contribution in [1.82, 2.24) is 4.90 Å². The number of rotatable bonds is 8. The van der Waals surface area contributed by atoms with Gasteiger partial charge in [-0.05, 0) is 55.7 Å². The average Bonchev–Trinajstić information content (AvgIpc) is 2.77. The van der Waals surface area contributed by atoms with Gasteiger partial charge in [-0.3, -0.25) is 4.90 Å². The van der Waals surface area contributed by atoms with Crippen LogP contribution in [0.5, 0.6) is 11.5 Å². The van der Waals surface area contributed by atoms with Crippen molar-refractivity contribution in [1.29, 1.82) is 0 Å². The van der Waals surface area contributed by atoms with Crippen LogP contribution in [0.3, 0.4) is 0 Å². The molecule has 6 heteroatoms. The first-order valence-corrected chi connectivity index (χ1v) is 10.9. The molecule has 1 aliphatic rings. The van der Waals surface area contributed by atoms with E-state index in [0.717, 1.165) is 43.4 Å². The Bertz CT molecular complexity index is 851. The second kappa shape index (κ2) is 10.4. The minimum atomic E-state index is 0.360. The quantitative estimate of drug-likeness (QED) is 0.555. The molecule has 0 bridgehead atoms. The smallest absolute Gasteiger partial charge is 0.139 e. The lowest BCUT2D eigenvalue weighted by Crippen LogP contribution is -2.47. The number of hydrogen-bond acceptors (Lipinski definition) is 5. The minimum absolute atomic E-state index is 0.360. The molecule has 164 valence electrons. The third kappa shape index (κ3) is 5.02. The van der Waals surface area contributed by atoms with Crippen LogP contribution in [0, 0.1) is 13.8 Å². The molecule has 0 radical (unpaired) electrons. The number of hydrogen-bond donors (Lipinski definition) is 0. The summed E-state index contributed by atoms with van der Waals surface area (Å²) in [5.74, 6) is 1.67. The van der Waals surface area contributed by atoms with E-state index in [0.29, 0.717) is 24.3 Å². The summed E-state index contributed by atoms with van der Waals surface area (Å²) < 4.78 is 16.3. The van der Waals surface area contributed by atoms with Crippen LogP contribution < -0.4 is 14.4 Å². The molecule has 1 heterocycles. The van der Waals surface area contributed by atoms with E-state index in [-0.39, 0.29) is 0 Å². The van der Waals surface area contributed by atoms with Gasteiger partial charge in [-0.1, -0.05) is 17.7 Å². The summed E-state index contributed by atoms with van der Waals surface area (Å²) in [6.45, 7) is 11.8. The first kappa shape index (κ1) is 22.7. The van der Waals surface area contributed by atoms with Crippen molar-refractivity contribution in [3.63, 3.8) is 0 Å². The van der Waals surface area contributed by atoms with Crippen molar-refractivity contribution in [2.75, 3.05) is 58.5 Å². The van der Waals surface area contributed by atoms with Gasteiger partial charge in [-0.2, -0.15) is 0 Å². The van der Waals surface area contributed by atoms with E-state index < -0.39 is 0 Å². The summed E-state index contributed by atoms with van der Waals surface area (Å²) in [7, 11) is 3.35. The fraction of sp³-hybridized carbons (Fsp3) is 0.500. The van der Waals surface area contributed by atoms with Gasteiger partial charge in [0.2, 0.25) is 0 Å². The van der Waals surface area contributed by atoms with Crippen LogP contribution in [0.4, 0.5) is 5.69 Å². The zero-order chi connectivity index (χ0) is 21.7. The number of benzene rings is 2. The van der Waals surface area contributed by atoms with Crippen LogP contribution in [0.1, 0.15) is 29.7 Å². The Balaban J connectivity index is 1.65. The lowest BCUT2D eigenvalue weighted by molar-refractivity contribution is 0.146. The Hall–Kier alpha value is -1.95. The van der Waals surface area contributed by atoms with E-state index in [4.69, 9.17) is 25.8 Å². The van der Waals surface area contributed by atoms with Gasteiger partial charge in [0, 0.05) is 51.1 Å². The van der Waals surface area contributed by atoms with Crippen molar-refractivity contribution in [3.05, 3.63) is 52.0 Å². The molecule has 2 aromatic carbocycles. The molecule has 0 spiro atoms. The maximum absolute atomic E-state index is 6.18. The Labute approximate surface area is 185 Å². The molecule has 30 heavy (non-hydrogen) atoms. The lowest BCUT2D eigenvalue weighted by atomic mass is 9.96. The highest BCUT2D eigenvalue weighted by atomic mass is 35.5. The van der Waals surface area contributed by atoms with Crippen molar-refractivity contribution < 1.29 is 14.2 Å². The second-order valence-corrected chi connectivity index (χ2v) is 8.17. The predicted octanol–water partition coefficient (Wildman–Crippen LogP) is 4.87. The molecular formula is C24H33ClN2O3. The van der Waals surface area contributed by atoms with Crippen molar-refractivity contribution in [3.8, 4) is 11.5 Å². The molecule has 1 aliphatic heterocycles. The van der Waals surface area contributed by atoms with Crippen LogP contribution >= 0.6 is 11.6 Å². The molecule has 5 nitrogen and oxygen atoms in total. The standard InChI is InChI=1S/C24H33ClN2O3/c1-17-18(2)23(30-15-14-28-4)9-7-21(17)19(3)26-10-12-27(13-11-26)20-6-8-22(25)24(16-20)29-5/h6-9,16,19H,10-15H2,1-5H3/t19-/m1/s1. The van der Waals surface area contributed by atoms with Gasteiger partial charge < -0.3 is 19.1 Å². The van der Waals surface area contributed by atoms with Crippen molar-refractivity contribution >= 4 is 17.3 Å². The van der Waals surface area contributed by atoms with Crippen LogP contribution in [-0.2, 0) is 4.74 Å². The van der Waals surface area contributed by atoms with E-state index in [1.165, 1.54) is 16.7 Å². The molecule has 0 amide bonds. The number of piperazine rings is 1. The monoisotopic (exact) mass is 432 g/mol. The van der Waals surface area contributed by atoms with E-state index in [1.54, 1.807) is 14.2 Å². The third-order valence-corrected chi connectivity index (χ3v) is 6.45. The van der Waals surface area contributed by atoms with Crippen LogP contribution in [0.25, 0.3) is 0 Å². The SMILES string of the molecule is COCCOc1ccc([C@@H](C)N2CCN(c3ccc(Cl)c(OC)c3)CC2)c(C)c1C. The predicted molar refractivity (Wildman–Crippen MR) is 123 cm³/mol. The molecule has 1 saturated heterocycles. The van der Waals surface area contributed by atoms with Gasteiger partial charge in [0.15, 0.2) is 0 Å².